The summed E-state index contributed by atoms with van der Waals surface area (Å²) in [6, 6.07) is 6.17. The molecule has 0 fully saturated rings. The van der Waals surface area contributed by atoms with Gasteiger partial charge in [-0.05, 0) is 36.0 Å². The van der Waals surface area contributed by atoms with Gasteiger partial charge in [0.1, 0.15) is 11.5 Å². The molecule has 2 aromatic carbocycles. The topological polar surface area (TPSA) is 106 Å². The lowest BCUT2D eigenvalue weighted by atomic mass is 10.1. The first-order valence-corrected chi connectivity index (χ1v) is 7.95. The molecule has 2 aromatic rings. The zero-order chi connectivity index (χ0) is 20.9. The number of hydrogen-bond acceptors (Lipinski definition) is 5. The molecule has 0 aliphatic carbocycles. The number of alkyl halides is 3. The van der Waals surface area contributed by atoms with Gasteiger partial charge in [-0.25, -0.2) is 4.39 Å². The van der Waals surface area contributed by atoms with Crippen LogP contribution in [0.2, 0.25) is 0 Å². The first-order chi connectivity index (χ1) is 13.1. The van der Waals surface area contributed by atoms with Crippen molar-refractivity contribution < 1.29 is 22.5 Å². The number of benzene rings is 2. The first-order valence-electron chi connectivity index (χ1n) is 7.54. The number of halogens is 4. The van der Waals surface area contributed by atoms with E-state index in [2.05, 4.69) is 28.1 Å². The van der Waals surface area contributed by atoms with E-state index in [-0.39, 0.29) is 22.1 Å². The number of rotatable bonds is 6. The Kier molecular flexibility index (Phi) is 6.46. The fourth-order valence-electron chi connectivity index (χ4n) is 2.26. The number of nitro groups is 1. The third-order valence-corrected chi connectivity index (χ3v) is 3.54. The molecule has 0 amide bonds. The number of nitrogens with zero attached hydrogens (tertiary/aromatic N) is 2. The molecule has 28 heavy (non-hydrogen) atoms. The van der Waals surface area contributed by atoms with Crippen LogP contribution in [0.15, 0.2) is 41.5 Å². The fraction of sp³-hybridized carbons (Fsp3) is 0.125. The molecule has 0 atom stereocenters. The smallest absolute Gasteiger partial charge is 0.375 e. The Morgan fingerprint density at radius 2 is 2.00 bits per heavy atom. The highest BCUT2D eigenvalue weighted by molar-refractivity contribution is 7.80. The molecule has 148 valence electrons. The highest BCUT2D eigenvalue weighted by atomic mass is 32.1. The number of hydrazone groups is 1. The van der Waals surface area contributed by atoms with Crippen LogP contribution in [0.4, 0.5) is 28.9 Å². The summed E-state index contributed by atoms with van der Waals surface area (Å²) in [5.74, 6) is -1.03. The van der Waals surface area contributed by atoms with Crippen molar-refractivity contribution in [1.29, 1.82) is 0 Å². The van der Waals surface area contributed by atoms with Crippen molar-refractivity contribution in [3.8, 4) is 0 Å². The van der Waals surface area contributed by atoms with Crippen LogP contribution in [0, 0.1) is 15.9 Å². The quantitative estimate of drug-likeness (QED) is 0.219. The van der Waals surface area contributed by atoms with E-state index in [0.717, 1.165) is 12.1 Å². The van der Waals surface area contributed by atoms with Crippen LogP contribution in [0.25, 0.3) is 0 Å². The van der Waals surface area contributed by atoms with Gasteiger partial charge in [-0.1, -0.05) is 12.1 Å². The number of thiocarbonyl (C=S) groups is 1. The number of nitrogens with one attached hydrogen (secondary N) is 2. The van der Waals surface area contributed by atoms with Gasteiger partial charge in [-0.2, -0.15) is 18.3 Å². The Balaban J connectivity index is 2.26. The van der Waals surface area contributed by atoms with E-state index < -0.39 is 29.0 Å². The predicted molar refractivity (Wildman–Crippen MR) is 99.3 cm³/mol. The molecule has 0 radical (unpaired) electrons. The van der Waals surface area contributed by atoms with Crippen LogP contribution in [-0.2, 0) is 12.7 Å². The predicted octanol–water partition coefficient (Wildman–Crippen LogP) is 3.53. The lowest BCUT2D eigenvalue weighted by Gasteiger charge is -2.14. The van der Waals surface area contributed by atoms with Gasteiger partial charge in [-0.3, -0.25) is 15.5 Å². The maximum atomic E-state index is 13.2. The van der Waals surface area contributed by atoms with Crippen LogP contribution in [0.5, 0.6) is 0 Å². The van der Waals surface area contributed by atoms with Crippen LogP contribution < -0.4 is 16.5 Å². The number of anilines is 1. The van der Waals surface area contributed by atoms with E-state index in [9.17, 15) is 27.7 Å². The Hall–Kier alpha value is -3.28. The average molecular weight is 415 g/mol. The summed E-state index contributed by atoms with van der Waals surface area (Å²) in [6.45, 7) is -0.396. The molecule has 7 nitrogen and oxygen atoms in total. The Morgan fingerprint density at radius 1 is 1.29 bits per heavy atom. The van der Waals surface area contributed by atoms with Crippen LogP contribution in [-0.4, -0.2) is 16.3 Å². The normalized spacial score (nSPS) is 11.4. The van der Waals surface area contributed by atoms with E-state index in [1.165, 1.54) is 24.4 Å². The van der Waals surface area contributed by atoms with E-state index in [1.807, 2.05) is 0 Å². The molecule has 0 aliphatic rings. The maximum absolute atomic E-state index is 13.2. The molecule has 0 saturated heterocycles. The van der Waals surface area contributed by atoms with Crippen molar-refractivity contribution in [2.24, 2.45) is 10.8 Å². The summed E-state index contributed by atoms with van der Waals surface area (Å²) in [7, 11) is 0. The second kappa shape index (κ2) is 8.61. The molecule has 0 aliphatic heterocycles. The lowest BCUT2D eigenvalue weighted by molar-refractivity contribution is -0.384. The molecular formula is C16H13F4N5O2S. The summed E-state index contributed by atoms with van der Waals surface area (Å²) in [4.78, 5) is 10.6. The second-order valence-corrected chi connectivity index (χ2v) is 5.86. The zero-order valence-electron chi connectivity index (χ0n) is 14.0. The van der Waals surface area contributed by atoms with Crippen molar-refractivity contribution in [3.05, 3.63) is 69.0 Å². The van der Waals surface area contributed by atoms with E-state index in [0.29, 0.717) is 11.6 Å². The average Bonchev–Trinajstić information content (AvgIpc) is 2.60. The van der Waals surface area contributed by atoms with Crippen LogP contribution in [0.1, 0.15) is 16.7 Å². The zero-order valence-corrected chi connectivity index (χ0v) is 14.8. The SMILES string of the molecule is NC(=S)NN=Cc1ccc(NCc2ccc(F)cc2C(F)(F)F)c([N+](=O)[O-])c1. The van der Waals surface area contributed by atoms with Gasteiger partial charge in [0, 0.05) is 18.2 Å². The largest absolute Gasteiger partial charge is 0.416 e. The van der Waals surface area contributed by atoms with Crippen molar-refractivity contribution >= 4 is 34.9 Å². The van der Waals surface area contributed by atoms with Crippen molar-refractivity contribution in [1.82, 2.24) is 5.43 Å². The molecule has 0 spiro atoms. The number of nitrogens with two attached hydrogens (primary N) is 1. The minimum Gasteiger partial charge on any atom is -0.375 e. The molecule has 0 heterocycles. The maximum Gasteiger partial charge on any atom is 0.416 e. The molecular weight excluding hydrogens is 402 g/mol. The lowest BCUT2D eigenvalue weighted by Crippen LogP contribution is -2.23. The number of hydrogen-bond donors (Lipinski definition) is 3. The van der Waals surface area contributed by atoms with Gasteiger partial charge in [0.2, 0.25) is 0 Å². The summed E-state index contributed by atoms with van der Waals surface area (Å²) in [5.41, 5.74) is 6.00. The molecule has 0 saturated carbocycles. The number of nitro benzene ring substituents is 1. The highest BCUT2D eigenvalue weighted by Gasteiger charge is 2.33. The summed E-state index contributed by atoms with van der Waals surface area (Å²) in [5, 5.41) is 17.4. The monoisotopic (exact) mass is 415 g/mol. The van der Waals surface area contributed by atoms with Crippen molar-refractivity contribution in [2.75, 3.05) is 5.32 Å². The van der Waals surface area contributed by atoms with E-state index in [4.69, 9.17) is 5.73 Å². The summed E-state index contributed by atoms with van der Waals surface area (Å²) < 4.78 is 52.3. The van der Waals surface area contributed by atoms with Crippen LogP contribution >= 0.6 is 12.2 Å². The summed E-state index contributed by atoms with van der Waals surface area (Å²) >= 11 is 4.56. The van der Waals surface area contributed by atoms with E-state index in [1.54, 1.807) is 0 Å². The van der Waals surface area contributed by atoms with E-state index >= 15 is 0 Å². The molecule has 0 unspecified atom stereocenters. The van der Waals surface area contributed by atoms with Gasteiger partial charge < -0.3 is 11.1 Å². The van der Waals surface area contributed by atoms with Crippen LogP contribution in [0.3, 0.4) is 0 Å². The van der Waals surface area contributed by atoms with Gasteiger partial charge >= 0.3 is 6.18 Å². The third kappa shape index (κ3) is 5.61. The third-order valence-electron chi connectivity index (χ3n) is 3.45. The Morgan fingerprint density at radius 3 is 2.61 bits per heavy atom. The van der Waals surface area contributed by atoms with Crippen molar-refractivity contribution in [3.63, 3.8) is 0 Å². The highest BCUT2D eigenvalue weighted by Crippen LogP contribution is 2.33. The fourth-order valence-corrected chi connectivity index (χ4v) is 2.31. The van der Waals surface area contributed by atoms with Gasteiger partial charge in [-0.15, -0.1) is 0 Å². The standard InChI is InChI=1S/C16H13F4N5O2S/c17-11-3-2-10(12(6-11)16(18,19)20)8-22-13-4-1-9(5-14(13)25(26)27)7-23-24-15(21)28/h1-7,22H,8H2,(H3,21,24,28). The molecule has 4 N–H and O–H groups in total. The Bertz CT molecular complexity index is 934. The minimum atomic E-state index is -4.76. The van der Waals surface area contributed by atoms with Gasteiger partial charge in [0.15, 0.2) is 5.11 Å². The van der Waals surface area contributed by atoms with Gasteiger partial charge in [0.25, 0.3) is 5.69 Å². The molecule has 0 aromatic heterocycles. The first kappa shape index (κ1) is 21.0. The molecule has 12 heteroatoms. The van der Waals surface area contributed by atoms with Crippen molar-refractivity contribution in [2.45, 2.75) is 12.7 Å². The second-order valence-electron chi connectivity index (χ2n) is 5.42. The molecule has 0 bridgehead atoms. The molecule has 2 rings (SSSR count). The minimum absolute atomic E-state index is 0.0121. The Labute approximate surface area is 161 Å². The summed E-state index contributed by atoms with van der Waals surface area (Å²) in [6.07, 6.45) is -3.53. The van der Waals surface area contributed by atoms with Gasteiger partial charge in [0.05, 0.1) is 16.7 Å².